The zero-order valence-corrected chi connectivity index (χ0v) is 9.38. The Morgan fingerprint density at radius 3 is 2.17 bits per heavy atom. The van der Waals surface area contributed by atoms with Crippen molar-refractivity contribution in [2.24, 2.45) is 5.41 Å². The number of hydrogen-bond donors (Lipinski definition) is 0. The molecule has 0 N–H and O–H groups in total. The van der Waals surface area contributed by atoms with Crippen LogP contribution in [0.4, 0.5) is 0 Å². The third-order valence-corrected chi connectivity index (χ3v) is 3.00. The maximum Gasteiger partial charge on any atom is 0.0168 e. The van der Waals surface area contributed by atoms with Crippen LogP contribution < -0.4 is 0 Å². The van der Waals surface area contributed by atoms with Crippen molar-refractivity contribution in [1.82, 2.24) is 0 Å². The normalized spacial score (nSPS) is 15.7. The standard InChI is InChI=1S/C11H21Cl/c1-5-7-9-11(4,8-6-2)10(3)12/h3,5-9H2,1-2,4H3. The molecule has 0 aliphatic rings. The molecule has 0 fully saturated rings. The summed E-state index contributed by atoms with van der Waals surface area (Å²) in [6, 6.07) is 0. The van der Waals surface area contributed by atoms with Gasteiger partial charge in [0.05, 0.1) is 0 Å². The van der Waals surface area contributed by atoms with Crippen molar-refractivity contribution in [3.05, 3.63) is 11.6 Å². The lowest BCUT2D eigenvalue weighted by Gasteiger charge is -2.28. The molecule has 0 rings (SSSR count). The van der Waals surface area contributed by atoms with Crippen molar-refractivity contribution in [1.29, 1.82) is 0 Å². The lowest BCUT2D eigenvalue weighted by atomic mass is 9.81. The summed E-state index contributed by atoms with van der Waals surface area (Å²) < 4.78 is 0. The minimum Gasteiger partial charge on any atom is -0.0892 e. The fraction of sp³-hybridized carbons (Fsp3) is 0.818. The molecule has 0 saturated carbocycles. The molecular weight excluding hydrogens is 168 g/mol. The highest BCUT2D eigenvalue weighted by Crippen LogP contribution is 2.38. The Bertz CT molecular complexity index is 140. The molecule has 1 heteroatoms. The van der Waals surface area contributed by atoms with E-state index in [2.05, 4.69) is 27.4 Å². The van der Waals surface area contributed by atoms with Crippen LogP contribution in [0.2, 0.25) is 0 Å². The minimum atomic E-state index is 0.173. The molecule has 1 unspecified atom stereocenters. The molecule has 0 aromatic carbocycles. The van der Waals surface area contributed by atoms with Crippen molar-refractivity contribution >= 4 is 11.6 Å². The Morgan fingerprint density at radius 2 is 1.83 bits per heavy atom. The first kappa shape index (κ1) is 12.0. The summed E-state index contributed by atoms with van der Waals surface area (Å²) in [5.74, 6) is 0. The van der Waals surface area contributed by atoms with E-state index in [9.17, 15) is 0 Å². The van der Waals surface area contributed by atoms with Crippen molar-refractivity contribution in [2.45, 2.75) is 52.9 Å². The molecule has 0 aromatic heterocycles. The van der Waals surface area contributed by atoms with Gasteiger partial charge >= 0.3 is 0 Å². The molecule has 0 radical (unpaired) electrons. The molecule has 0 amide bonds. The summed E-state index contributed by atoms with van der Waals surface area (Å²) in [4.78, 5) is 0. The van der Waals surface area contributed by atoms with Crippen LogP contribution in [0.3, 0.4) is 0 Å². The van der Waals surface area contributed by atoms with E-state index in [1.807, 2.05) is 0 Å². The van der Waals surface area contributed by atoms with E-state index < -0.39 is 0 Å². The maximum absolute atomic E-state index is 6.01. The average molecular weight is 189 g/mol. The molecule has 0 aliphatic heterocycles. The number of halogens is 1. The second kappa shape index (κ2) is 5.64. The molecule has 0 aliphatic carbocycles. The Morgan fingerprint density at radius 1 is 1.25 bits per heavy atom. The third kappa shape index (κ3) is 3.62. The topological polar surface area (TPSA) is 0 Å². The van der Waals surface area contributed by atoms with E-state index in [0.29, 0.717) is 0 Å². The summed E-state index contributed by atoms with van der Waals surface area (Å²) in [6.45, 7) is 10.5. The summed E-state index contributed by atoms with van der Waals surface area (Å²) in [5.41, 5.74) is 0.173. The van der Waals surface area contributed by atoms with Crippen LogP contribution >= 0.6 is 11.6 Å². The van der Waals surface area contributed by atoms with Crippen LogP contribution in [0.25, 0.3) is 0 Å². The van der Waals surface area contributed by atoms with Crippen LogP contribution in [-0.2, 0) is 0 Å². The number of unbranched alkanes of at least 4 members (excludes halogenated alkanes) is 1. The maximum atomic E-state index is 6.01. The second-order valence-electron chi connectivity index (χ2n) is 3.82. The monoisotopic (exact) mass is 188 g/mol. The van der Waals surface area contributed by atoms with E-state index >= 15 is 0 Å². The average Bonchev–Trinajstić information content (AvgIpc) is 2.01. The SMILES string of the molecule is C=C(Cl)C(C)(CCC)CCCC. The Hall–Kier alpha value is 0.0300. The van der Waals surface area contributed by atoms with E-state index in [4.69, 9.17) is 11.6 Å². The van der Waals surface area contributed by atoms with Gasteiger partial charge in [0.25, 0.3) is 0 Å². The van der Waals surface area contributed by atoms with Crippen LogP contribution in [0.15, 0.2) is 11.6 Å². The van der Waals surface area contributed by atoms with E-state index in [0.717, 1.165) is 11.5 Å². The van der Waals surface area contributed by atoms with Crippen molar-refractivity contribution in [3.63, 3.8) is 0 Å². The van der Waals surface area contributed by atoms with Crippen LogP contribution in [0, 0.1) is 5.41 Å². The van der Waals surface area contributed by atoms with Gasteiger partial charge in [0.15, 0.2) is 0 Å². The van der Waals surface area contributed by atoms with Crippen LogP contribution in [0.5, 0.6) is 0 Å². The molecule has 0 bridgehead atoms. The van der Waals surface area contributed by atoms with Gasteiger partial charge in [-0.2, -0.15) is 0 Å². The molecule has 0 nitrogen and oxygen atoms in total. The number of hydrogen-bond acceptors (Lipinski definition) is 0. The van der Waals surface area contributed by atoms with E-state index in [1.165, 1.54) is 25.7 Å². The van der Waals surface area contributed by atoms with Gasteiger partial charge in [0.1, 0.15) is 0 Å². The van der Waals surface area contributed by atoms with Gasteiger partial charge in [0, 0.05) is 10.4 Å². The van der Waals surface area contributed by atoms with Crippen molar-refractivity contribution < 1.29 is 0 Å². The van der Waals surface area contributed by atoms with Gasteiger partial charge in [-0.25, -0.2) is 0 Å². The molecule has 1 atom stereocenters. The van der Waals surface area contributed by atoms with Gasteiger partial charge < -0.3 is 0 Å². The zero-order valence-electron chi connectivity index (χ0n) is 8.62. The highest BCUT2D eigenvalue weighted by atomic mass is 35.5. The van der Waals surface area contributed by atoms with Crippen molar-refractivity contribution in [3.8, 4) is 0 Å². The second-order valence-corrected chi connectivity index (χ2v) is 4.28. The molecule has 0 spiro atoms. The summed E-state index contributed by atoms with van der Waals surface area (Å²) in [5, 5.41) is 0.831. The Labute approximate surface area is 82.0 Å². The Kier molecular flexibility index (Phi) is 5.65. The minimum absolute atomic E-state index is 0.173. The third-order valence-electron chi connectivity index (χ3n) is 2.54. The summed E-state index contributed by atoms with van der Waals surface area (Å²) in [6.07, 6.45) is 6.02. The van der Waals surface area contributed by atoms with Crippen molar-refractivity contribution in [2.75, 3.05) is 0 Å². The predicted octanol–water partition coefficient (Wildman–Crippen LogP) is 4.74. The first-order chi connectivity index (χ1) is 5.56. The molecular formula is C11H21Cl. The largest absolute Gasteiger partial charge is 0.0892 e. The quantitative estimate of drug-likeness (QED) is 0.565. The number of rotatable bonds is 6. The predicted molar refractivity (Wildman–Crippen MR) is 57.5 cm³/mol. The smallest absolute Gasteiger partial charge is 0.0168 e. The highest BCUT2D eigenvalue weighted by molar-refractivity contribution is 6.29. The van der Waals surface area contributed by atoms with Crippen LogP contribution in [0.1, 0.15) is 52.9 Å². The van der Waals surface area contributed by atoms with Gasteiger partial charge in [-0.3, -0.25) is 0 Å². The van der Waals surface area contributed by atoms with Gasteiger partial charge in [-0.05, 0) is 12.8 Å². The first-order valence-corrected chi connectivity index (χ1v) is 5.29. The van der Waals surface area contributed by atoms with Crippen LogP contribution in [-0.4, -0.2) is 0 Å². The first-order valence-electron chi connectivity index (χ1n) is 4.91. The molecule has 12 heavy (non-hydrogen) atoms. The van der Waals surface area contributed by atoms with Gasteiger partial charge in [-0.15, -0.1) is 0 Å². The lowest BCUT2D eigenvalue weighted by molar-refractivity contribution is 0.337. The Balaban J connectivity index is 4.08. The fourth-order valence-electron chi connectivity index (χ4n) is 1.51. The zero-order chi connectivity index (χ0) is 9.61. The van der Waals surface area contributed by atoms with Gasteiger partial charge in [-0.1, -0.05) is 58.2 Å². The summed E-state index contributed by atoms with van der Waals surface area (Å²) >= 11 is 6.01. The molecule has 0 heterocycles. The molecule has 0 saturated heterocycles. The van der Waals surface area contributed by atoms with E-state index in [1.54, 1.807) is 0 Å². The summed E-state index contributed by atoms with van der Waals surface area (Å²) in [7, 11) is 0. The molecule has 72 valence electrons. The number of allylic oxidation sites excluding steroid dienone is 1. The van der Waals surface area contributed by atoms with E-state index in [-0.39, 0.29) is 5.41 Å². The lowest BCUT2D eigenvalue weighted by Crippen LogP contribution is -2.15. The fourth-order valence-corrected chi connectivity index (χ4v) is 1.70. The van der Waals surface area contributed by atoms with Gasteiger partial charge in [0.2, 0.25) is 0 Å². The highest BCUT2D eigenvalue weighted by Gasteiger charge is 2.24. The molecule has 0 aromatic rings.